The van der Waals surface area contributed by atoms with Gasteiger partial charge in [-0.1, -0.05) is 30.3 Å². The van der Waals surface area contributed by atoms with Gasteiger partial charge in [0.25, 0.3) is 11.5 Å². The molecule has 0 saturated carbocycles. The maximum Gasteiger partial charge on any atom is 0.335 e. The number of carbonyl (C=O) groups is 2. The molecule has 1 heterocycles. The molecule has 0 unspecified atom stereocenters. The second-order valence-electron chi connectivity index (χ2n) is 5.45. The normalized spacial score (nSPS) is 11.0. The Kier molecular flexibility index (Phi) is 4.57. The number of fused-ring (bicyclic) bond motifs is 1. The molecule has 2 aromatic carbocycles. The van der Waals surface area contributed by atoms with Crippen molar-refractivity contribution in [2.24, 2.45) is 12.1 Å². The summed E-state index contributed by atoms with van der Waals surface area (Å²) in [6.07, 6.45) is 1.38. The van der Waals surface area contributed by atoms with Crippen LogP contribution in [-0.2, 0) is 7.05 Å². The van der Waals surface area contributed by atoms with E-state index >= 15 is 0 Å². The number of carboxylic acid groups (broad SMARTS) is 1. The summed E-state index contributed by atoms with van der Waals surface area (Å²) >= 11 is 0. The van der Waals surface area contributed by atoms with Gasteiger partial charge < -0.3 is 5.11 Å². The van der Waals surface area contributed by atoms with Crippen molar-refractivity contribution in [2.45, 2.75) is 0 Å². The van der Waals surface area contributed by atoms with Crippen LogP contribution in [0.25, 0.3) is 10.8 Å². The number of nitrogens with zero attached hydrogens (tertiary/aromatic N) is 3. The van der Waals surface area contributed by atoms with Crippen LogP contribution in [0.4, 0.5) is 0 Å². The highest BCUT2D eigenvalue weighted by atomic mass is 16.4. The summed E-state index contributed by atoms with van der Waals surface area (Å²) < 4.78 is 1.10. The van der Waals surface area contributed by atoms with Crippen LogP contribution >= 0.6 is 0 Å². The van der Waals surface area contributed by atoms with Crippen molar-refractivity contribution in [3.05, 3.63) is 75.7 Å². The summed E-state index contributed by atoms with van der Waals surface area (Å²) in [6, 6.07) is 12.7. The van der Waals surface area contributed by atoms with Crippen LogP contribution in [-0.4, -0.2) is 33.0 Å². The lowest BCUT2D eigenvalue weighted by Crippen LogP contribution is -2.27. The van der Waals surface area contributed by atoms with E-state index in [4.69, 9.17) is 5.11 Å². The minimum absolute atomic E-state index is 0.0843. The molecule has 130 valence electrons. The third-order valence-corrected chi connectivity index (χ3v) is 3.71. The Bertz CT molecular complexity index is 1080. The number of aryl methyl sites for hydroxylation is 1. The zero-order valence-electron chi connectivity index (χ0n) is 13.7. The fourth-order valence-electron chi connectivity index (χ4n) is 2.40. The van der Waals surface area contributed by atoms with Gasteiger partial charge in [0.1, 0.15) is 0 Å². The fraction of sp³-hybridized carbons (Fsp3) is 0.0556. The van der Waals surface area contributed by atoms with Gasteiger partial charge in [-0.3, -0.25) is 9.59 Å². The Hall–Kier alpha value is -3.81. The molecule has 0 spiro atoms. The molecule has 0 aliphatic rings. The van der Waals surface area contributed by atoms with Crippen LogP contribution in [0.15, 0.2) is 58.4 Å². The second-order valence-corrected chi connectivity index (χ2v) is 5.45. The molecule has 3 aromatic rings. The Morgan fingerprint density at radius 2 is 1.77 bits per heavy atom. The van der Waals surface area contributed by atoms with Gasteiger partial charge in [0.05, 0.1) is 17.2 Å². The molecule has 0 saturated heterocycles. The van der Waals surface area contributed by atoms with Gasteiger partial charge in [-0.25, -0.2) is 14.9 Å². The largest absolute Gasteiger partial charge is 0.478 e. The van der Waals surface area contributed by atoms with Crippen LogP contribution < -0.4 is 11.0 Å². The highest BCUT2D eigenvalue weighted by Crippen LogP contribution is 2.12. The van der Waals surface area contributed by atoms with Crippen molar-refractivity contribution < 1.29 is 14.7 Å². The molecule has 0 aliphatic heterocycles. The Morgan fingerprint density at radius 3 is 2.42 bits per heavy atom. The predicted octanol–water partition coefficient (Wildman–Crippen LogP) is 1.40. The molecule has 8 heteroatoms. The van der Waals surface area contributed by atoms with E-state index < -0.39 is 11.9 Å². The van der Waals surface area contributed by atoms with Crippen molar-refractivity contribution in [3.8, 4) is 0 Å². The summed E-state index contributed by atoms with van der Waals surface area (Å²) in [5.41, 5.74) is 2.93. The Morgan fingerprint density at radius 1 is 1.12 bits per heavy atom. The van der Waals surface area contributed by atoms with E-state index in [1.807, 2.05) is 0 Å². The standard InChI is InChI=1S/C18H14N4O4/c1-22-17(24)14-5-3-2-4-13(14)15(21-22)16(23)20-19-10-11-6-8-12(9-7-11)18(25)26/h2-10H,1H3,(H,20,23)(H,25,26)/b19-10-. The topological polar surface area (TPSA) is 114 Å². The zero-order valence-corrected chi connectivity index (χ0v) is 13.7. The van der Waals surface area contributed by atoms with Gasteiger partial charge in [0.15, 0.2) is 5.69 Å². The number of aromatic carboxylic acids is 1. The number of amides is 1. The molecular weight excluding hydrogens is 336 g/mol. The van der Waals surface area contributed by atoms with E-state index in [9.17, 15) is 14.4 Å². The van der Waals surface area contributed by atoms with E-state index in [-0.39, 0.29) is 16.8 Å². The minimum atomic E-state index is -1.02. The van der Waals surface area contributed by atoms with Gasteiger partial charge in [-0.2, -0.15) is 10.2 Å². The third kappa shape index (κ3) is 3.34. The molecular formula is C18H14N4O4. The van der Waals surface area contributed by atoms with Gasteiger partial charge >= 0.3 is 5.97 Å². The van der Waals surface area contributed by atoms with E-state index in [1.54, 1.807) is 36.4 Å². The highest BCUT2D eigenvalue weighted by Gasteiger charge is 2.14. The second kappa shape index (κ2) is 6.98. The summed E-state index contributed by atoms with van der Waals surface area (Å²) in [5, 5.41) is 17.6. The first-order chi connectivity index (χ1) is 12.5. The average Bonchev–Trinajstić information content (AvgIpc) is 2.65. The van der Waals surface area contributed by atoms with E-state index in [0.29, 0.717) is 16.3 Å². The zero-order chi connectivity index (χ0) is 18.7. The van der Waals surface area contributed by atoms with Crippen LogP contribution in [0.1, 0.15) is 26.4 Å². The molecule has 0 atom stereocenters. The first-order valence-electron chi connectivity index (χ1n) is 7.60. The number of carbonyl (C=O) groups excluding carboxylic acids is 1. The highest BCUT2D eigenvalue weighted by molar-refractivity contribution is 6.05. The van der Waals surface area contributed by atoms with E-state index in [0.717, 1.165) is 4.68 Å². The number of rotatable bonds is 4. The summed E-state index contributed by atoms with van der Waals surface area (Å²) in [5.74, 6) is -1.58. The summed E-state index contributed by atoms with van der Waals surface area (Å²) in [4.78, 5) is 35.3. The predicted molar refractivity (Wildman–Crippen MR) is 95.4 cm³/mol. The molecule has 3 rings (SSSR count). The smallest absolute Gasteiger partial charge is 0.335 e. The SMILES string of the molecule is Cn1nc(C(=O)N/N=C\c2ccc(C(=O)O)cc2)c2ccccc2c1=O. The summed E-state index contributed by atoms with van der Waals surface area (Å²) in [7, 11) is 1.47. The number of benzene rings is 2. The lowest BCUT2D eigenvalue weighted by molar-refractivity contribution is 0.0696. The Balaban J connectivity index is 1.82. The molecule has 1 amide bonds. The maximum atomic E-state index is 12.4. The van der Waals surface area contributed by atoms with Crippen LogP contribution in [0.5, 0.6) is 0 Å². The first-order valence-corrected chi connectivity index (χ1v) is 7.60. The maximum absolute atomic E-state index is 12.4. The molecule has 0 aliphatic carbocycles. The van der Waals surface area contributed by atoms with Crippen molar-refractivity contribution in [1.29, 1.82) is 0 Å². The van der Waals surface area contributed by atoms with Gasteiger partial charge in [-0.05, 0) is 23.8 Å². The molecule has 2 N–H and O–H groups in total. The van der Waals surface area contributed by atoms with Crippen molar-refractivity contribution in [2.75, 3.05) is 0 Å². The van der Waals surface area contributed by atoms with Crippen LogP contribution in [0, 0.1) is 0 Å². The molecule has 1 aromatic heterocycles. The molecule has 8 nitrogen and oxygen atoms in total. The lowest BCUT2D eigenvalue weighted by Gasteiger charge is -2.06. The van der Waals surface area contributed by atoms with Crippen molar-refractivity contribution in [1.82, 2.24) is 15.2 Å². The molecule has 0 fully saturated rings. The minimum Gasteiger partial charge on any atom is -0.478 e. The fourth-order valence-corrected chi connectivity index (χ4v) is 2.40. The number of hydrazone groups is 1. The summed E-state index contributed by atoms with van der Waals surface area (Å²) in [6.45, 7) is 0. The first kappa shape index (κ1) is 17.0. The third-order valence-electron chi connectivity index (χ3n) is 3.71. The number of hydrogen-bond acceptors (Lipinski definition) is 5. The molecule has 0 bridgehead atoms. The van der Waals surface area contributed by atoms with Crippen molar-refractivity contribution in [3.63, 3.8) is 0 Å². The Labute approximate surface area is 147 Å². The molecule has 26 heavy (non-hydrogen) atoms. The number of aromatic nitrogens is 2. The van der Waals surface area contributed by atoms with E-state index in [1.165, 1.54) is 25.4 Å². The number of hydrogen-bond donors (Lipinski definition) is 2. The van der Waals surface area contributed by atoms with Crippen LogP contribution in [0.2, 0.25) is 0 Å². The van der Waals surface area contributed by atoms with Crippen molar-refractivity contribution >= 4 is 28.9 Å². The van der Waals surface area contributed by atoms with Gasteiger partial charge in [0.2, 0.25) is 0 Å². The van der Waals surface area contributed by atoms with E-state index in [2.05, 4.69) is 15.6 Å². The monoisotopic (exact) mass is 350 g/mol. The molecule has 0 radical (unpaired) electrons. The lowest BCUT2D eigenvalue weighted by atomic mass is 10.1. The number of carboxylic acids is 1. The average molecular weight is 350 g/mol. The number of nitrogens with one attached hydrogen (secondary N) is 1. The quantitative estimate of drug-likeness (QED) is 0.545. The van der Waals surface area contributed by atoms with Crippen LogP contribution in [0.3, 0.4) is 0 Å². The van der Waals surface area contributed by atoms with Gasteiger partial charge in [-0.15, -0.1) is 0 Å². The van der Waals surface area contributed by atoms with Gasteiger partial charge in [0, 0.05) is 12.4 Å².